The molecular weight excluding hydrogens is 404 g/mol. The first-order chi connectivity index (χ1) is 15.0. The highest BCUT2D eigenvalue weighted by molar-refractivity contribution is 5.80. The van der Waals surface area contributed by atoms with Crippen LogP contribution in [0.3, 0.4) is 0 Å². The average Bonchev–Trinajstić information content (AvgIpc) is 3.33. The fourth-order valence-electron chi connectivity index (χ4n) is 3.44. The molecule has 1 saturated heterocycles. The van der Waals surface area contributed by atoms with E-state index in [2.05, 4.69) is 25.8 Å². The molecule has 1 unspecified atom stereocenters. The van der Waals surface area contributed by atoms with E-state index in [0.29, 0.717) is 51.0 Å². The van der Waals surface area contributed by atoms with E-state index in [1.54, 1.807) is 0 Å². The number of nitrogens with one attached hydrogen (secondary N) is 2. The van der Waals surface area contributed by atoms with Crippen molar-refractivity contribution < 1.29 is 13.5 Å². The summed E-state index contributed by atoms with van der Waals surface area (Å²) in [5.74, 6) is 1.16. The minimum Gasteiger partial charge on any atom is -0.382 e. The lowest BCUT2D eigenvalue weighted by Crippen LogP contribution is -2.45. The molecule has 0 aliphatic carbocycles. The average molecular weight is 436 g/mol. The second-order valence-electron chi connectivity index (χ2n) is 7.54. The molecule has 1 fully saturated rings. The minimum absolute atomic E-state index is 0.0869. The molecule has 170 valence electrons. The number of ether oxygens (including phenoxy) is 1. The van der Waals surface area contributed by atoms with E-state index in [4.69, 9.17) is 4.74 Å². The van der Waals surface area contributed by atoms with Crippen LogP contribution >= 0.6 is 0 Å². The molecule has 2 heterocycles. The Labute approximate surface area is 181 Å². The number of nitrogens with zero attached hydrogens (tertiary/aromatic N) is 5. The smallest absolute Gasteiger partial charge is 0.191 e. The third kappa shape index (κ3) is 6.36. The van der Waals surface area contributed by atoms with E-state index in [1.807, 2.05) is 30.4 Å². The van der Waals surface area contributed by atoms with Gasteiger partial charge in [0.15, 0.2) is 11.8 Å². The lowest BCUT2D eigenvalue weighted by Gasteiger charge is -2.21. The van der Waals surface area contributed by atoms with Gasteiger partial charge in [-0.2, -0.15) is 0 Å². The highest BCUT2D eigenvalue weighted by Crippen LogP contribution is 2.24. The van der Waals surface area contributed by atoms with E-state index >= 15 is 0 Å². The maximum Gasteiger partial charge on any atom is 0.191 e. The van der Waals surface area contributed by atoms with Crippen LogP contribution in [0.25, 0.3) is 0 Å². The van der Waals surface area contributed by atoms with Gasteiger partial charge in [-0.25, -0.2) is 13.8 Å². The molecule has 1 aliphatic heterocycles. The van der Waals surface area contributed by atoms with E-state index < -0.39 is 11.6 Å². The lowest BCUT2D eigenvalue weighted by atomic mass is 10.2. The van der Waals surface area contributed by atoms with Gasteiger partial charge in [0.05, 0.1) is 5.69 Å². The summed E-state index contributed by atoms with van der Waals surface area (Å²) in [6, 6.07) is 3.79. The molecule has 31 heavy (non-hydrogen) atoms. The van der Waals surface area contributed by atoms with Crippen molar-refractivity contribution in [2.24, 2.45) is 12.0 Å². The summed E-state index contributed by atoms with van der Waals surface area (Å²) in [7, 11) is 1.91. The van der Waals surface area contributed by atoms with Crippen LogP contribution in [0.2, 0.25) is 0 Å². The van der Waals surface area contributed by atoms with Crippen LogP contribution in [0.15, 0.2) is 23.2 Å². The lowest BCUT2D eigenvalue weighted by molar-refractivity contribution is 0.145. The molecule has 0 amide bonds. The number of anilines is 1. The predicted octanol–water partition coefficient (Wildman–Crippen LogP) is 2.14. The highest BCUT2D eigenvalue weighted by atomic mass is 19.1. The van der Waals surface area contributed by atoms with Gasteiger partial charge in [0.25, 0.3) is 0 Å². The maximum atomic E-state index is 14.1. The third-order valence-electron chi connectivity index (χ3n) is 5.30. The van der Waals surface area contributed by atoms with Gasteiger partial charge in [0.2, 0.25) is 0 Å². The Balaban J connectivity index is 1.61. The van der Waals surface area contributed by atoms with Gasteiger partial charge in [-0.05, 0) is 38.8 Å². The van der Waals surface area contributed by atoms with Crippen molar-refractivity contribution in [3.05, 3.63) is 41.5 Å². The number of hydrogen-bond acceptors (Lipinski definition) is 5. The normalized spacial score (nSPS) is 16.7. The number of aromatic nitrogens is 3. The first-order valence-corrected chi connectivity index (χ1v) is 10.7. The van der Waals surface area contributed by atoms with Gasteiger partial charge in [0, 0.05) is 52.0 Å². The predicted molar refractivity (Wildman–Crippen MR) is 116 cm³/mol. The fraction of sp³-hybridized carbons (Fsp3) is 0.571. The summed E-state index contributed by atoms with van der Waals surface area (Å²) in [6.45, 7) is 7.63. The monoisotopic (exact) mass is 435 g/mol. The molecule has 1 atom stereocenters. The zero-order valence-corrected chi connectivity index (χ0v) is 18.4. The Bertz CT molecular complexity index is 887. The number of halogens is 2. The Hall–Kier alpha value is -2.75. The molecule has 8 nitrogen and oxygen atoms in total. The minimum atomic E-state index is -0.570. The second kappa shape index (κ2) is 11.0. The van der Waals surface area contributed by atoms with Crippen molar-refractivity contribution >= 4 is 11.6 Å². The van der Waals surface area contributed by atoms with Gasteiger partial charge in [-0.1, -0.05) is 0 Å². The topological polar surface area (TPSA) is 79.6 Å². The quantitative estimate of drug-likeness (QED) is 0.357. The van der Waals surface area contributed by atoms with Crippen LogP contribution in [0, 0.1) is 18.6 Å². The molecule has 1 aromatic heterocycles. The standard InChI is InChI=1S/C21H31F2N7O/c1-4-31-11-5-9-24-21(25-13-20-28-27-15(2)29(20)3)26-17-8-10-30(14-17)19-7-6-16(22)12-18(19)23/h6-7,12,17H,4-5,8-11,13-14H2,1-3H3,(H2,24,25,26). The van der Waals surface area contributed by atoms with E-state index in [-0.39, 0.29) is 6.04 Å². The largest absolute Gasteiger partial charge is 0.382 e. The van der Waals surface area contributed by atoms with Crippen LogP contribution in [0.5, 0.6) is 0 Å². The van der Waals surface area contributed by atoms with E-state index in [9.17, 15) is 8.78 Å². The van der Waals surface area contributed by atoms with E-state index in [1.165, 1.54) is 12.1 Å². The van der Waals surface area contributed by atoms with Crippen molar-refractivity contribution in [2.45, 2.75) is 39.3 Å². The van der Waals surface area contributed by atoms with Crippen LogP contribution < -0.4 is 15.5 Å². The Morgan fingerprint density at radius 2 is 2.16 bits per heavy atom. The van der Waals surface area contributed by atoms with Crippen molar-refractivity contribution in [1.29, 1.82) is 0 Å². The zero-order chi connectivity index (χ0) is 22.2. The summed E-state index contributed by atoms with van der Waals surface area (Å²) in [4.78, 5) is 6.59. The summed E-state index contributed by atoms with van der Waals surface area (Å²) in [6.07, 6.45) is 1.68. The molecule has 2 aromatic rings. The molecule has 0 bridgehead atoms. The Kier molecular flexibility index (Phi) is 8.16. The van der Waals surface area contributed by atoms with Crippen LogP contribution in [0.1, 0.15) is 31.4 Å². The van der Waals surface area contributed by atoms with Crippen molar-refractivity contribution in [1.82, 2.24) is 25.4 Å². The molecule has 10 heteroatoms. The molecule has 0 spiro atoms. The molecule has 0 radical (unpaired) electrons. The Morgan fingerprint density at radius 3 is 2.87 bits per heavy atom. The van der Waals surface area contributed by atoms with Gasteiger partial charge >= 0.3 is 0 Å². The van der Waals surface area contributed by atoms with Crippen molar-refractivity contribution in [3.63, 3.8) is 0 Å². The van der Waals surface area contributed by atoms with Gasteiger partial charge in [-0.15, -0.1) is 10.2 Å². The summed E-state index contributed by atoms with van der Waals surface area (Å²) in [5.41, 5.74) is 0.420. The SMILES string of the molecule is CCOCCCNC(=NCc1nnc(C)n1C)NC1CCN(c2ccc(F)cc2F)C1. The number of guanidine groups is 1. The number of aryl methyl sites for hydroxylation is 1. The second-order valence-corrected chi connectivity index (χ2v) is 7.54. The summed E-state index contributed by atoms with van der Waals surface area (Å²) in [5, 5.41) is 15.0. The highest BCUT2D eigenvalue weighted by Gasteiger charge is 2.25. The molecule has 2 N–H and O–H groups in total. The third-order valence-corrected chi connectivity index (χ3v) is 5.30. The first-order valence-electron chi connectivity index (χ1n) is 10.7. The molecule has 1 aromatic carbocycles. The van der Waals surface area contributed by atoms with Crippen molar-refractivity contribution in [3.8, 4) is 0 Å². The van der Waals surface area contributed by atoms with Gasteiger partial charge < -0.3 is 24.8 Å². The number of benzene rings is 1. The number of aliphatic imine (C=N–C) groups is 1. The van der Waals surface area contributed by atoms with E-state index in [0.717, 1.165) is 30.6 Å². The summed E-state index contributed by atoms with van der Waals surface area (Å²) < 4.78 is 34.7. The zero-order valence-electron chi connectivity index (χ0n) is 18.4. The maximum absolute atomic E-state index is 14.1. The van der Waals surface area contributed by atoms with Crippen LogP contribution in [-0.2, 0) is 18.3 Å². The first kappa shape index (κ1) is 22.9. The molecule has 0 saturated carbocycles. The van der Waals surface area contributed by atoms with Gasteiger partial charge in [0.1, 0.15) is 24.0 Å². The van der Waals surface area contributed by atoms with Crippen molar-refractivity contribution in [2.75, 3.05) is 37.7 Å². The molecular formula is C21H31F2N7O. The van der Waals surface area contributed by atoms with Crippen LogP contribution in [0.4, 0.5) is 14.5 Å². The number of hydrogen-bond donors (Lipinski definition) is 2. The van der Waals surface area contributed by atoms with Crippen LogP contribution in [-0.4, -0.2) is 59.6 Å². The fourth-order valence-corrected chi connectivity index (χ4v) is 3.44. The summed E-state index contributed by atoms with van der Waals surface area (Å²) >= 11 is 0. The number of rotatable bonds is 9. The molecule has 3 rings (SSSR count). The van der Waals surface area contributed by atoms with Gasteiger partial charge in [-0.3, -0.25) is 0 Å². The Morgan fingerprint density at radius 1 is 1.32 bits per heavy atom. The molecule has 1 aliphatic rings.